The molecule has 4 nitrogen and oxygen atoms in total. The van der Waals surface area contributed by atoms with Crippen molar-refractivity contribution in [3.63, 3.8) is 0 Å². The molecule has 0 aromatic carbocycles. The number of furan rings is 1. The van der Waals surface area contributed by atoms with Crippen molar-refractivity contribution in [2.45, 2.75) is 39.2 Å². The molecule has 1 aliphatic rings. The molecule has 1 aromatic heterocycles. The second kappa shape index (κ2) is 4.62. The fourth-order valence-electron chi connectivity index (χ4n) is 2.31. The lowest BCUT2D eigenvalue weighted by Gasteiger charge is -2.31. The molecule has 1 aliphatic heterocycles. The van der Waals surface area contributed by atoms with Crippen LogP contribution in [0.25, 0.3) is 0 Å². The monoisotopic (exact) mass is 232 g/mol. The lowest BCUT2D eigenvalue weighted by molar-refractivity contribution is 0.0669. The van der Waals surface area contributed by atoms with Gasteiger partial charge in [-0.2, -0.15) is 5.26 Å². The Morgan fingerprint density at radius 3 is 2.88 bits per heavy atom. The van der Waals surface area contributed by atoms with Gasteiger partial charge < -0.3 is 9.32 Å². The van der Waals surface area contributed by atoms with Crippen molar-refractivity contribution in [3.8, 4) is 6.07 Å². The molecule has 0 saturated carbocycles. The molecule has 0 radical (unpaired) electrons. The molecular weight excluding hydrogens is 216 g/mol. The third kappa shape index (κ3) is 2.19. The fourth-order valence-corrected chi connectivity index (χ4v) is 2.31. The topological polar surface area (TPSA) is 57.2 Å². The second-order valence-corrected chi connectivity index (χ2v) is 4.47. The van der Waals surface area contributed by atoms with Gasteiger partial charge in [0.1, 0.15) is 17.6 Å². The third-order valence-electron chi connectivity index (χ3n) is 3.18. The summed E-state index contributed by atoms with van der Waals surface area (Å²) in [6.07, 6.45) is 2.77. The average molecular weight is 232 g/mol. The Kier molecular flexibility index (Phi) is 3.19. The van der Waals surface area contributed by atoms with Crippen LogP contribution >= 0.6 is 0 Å². The van der Waals surface area contributed by atoms with Crippen LogP contribution in [0.5, 0.6) is 0 Å². The van der Waals surface area contributed by atoms with Crippen LogP contribution in [-0.2, 0) is 0 Å². The first-order chi connectivity index (χ1) is 8.13. The van der Waals surface area contributed by atoms with Crippen LogP contribution in [0.1, 0.15) is 41.1 Å². The molecule has 1 aromatic rings. The smallest absolute Gasteiger partial charge is 0.258 e. The molecule has 2 rings (SSSR count). The summed E-state index contributed by atoms with van der Waals surface area (Å²) < 4.78 is 5.36. The summed E-state index contributed by atoms with van der Waals surface area (Å²) in [5.74, 6) is 1.29. The van der Waals surface area contributed by atoms with E-state index in [1.807, 2.05) is 6.92 Å². The van der Waals surface area contributed by atoms with Gasteiger partial charge in [0, 0.05) is 6.54 Å². The molecule has 1 atom stereocenters. The predicted molar refractivity (Wildman–Crippen MR) is 62.5 cm³/mol. The number of nitriles is 1. The van der Waals surface area contributed by atoms with E-state index in [1.165, 1.54) is 0 Å². The molecule has 0 aliphatic carbocycles. The Bertz CT molecular complexity index is 470. The van der Waals surface area contributed by atoms with E-state index in [-0.39, 0.29) is 11.9 Å². The van der Waals surface area contributed by atoms with Gasteiger partial charge in [0.25, 0.3) is 5.91 Å². The second-order valence-electron chi connectivity index (χ2n) is 4.47. The number of aryl methyl sites for hydroxylation is 2. The van der Waals surface area contributed by atoms with E-state index in [0.29, 0.717) is 17.9 Å². The Balaban J connectivity index is 2.24. The van der Waals surface area contributed by atoms with Crippen molar-refractivity contribution in [3.05, 3.63) is 23.2 Å². The molecule has 1 fully saturated rings. The zero-order valence-corrected chi connectivity index (χ0v) is 10.2. The van der Waals surface area contributed by atoms with Gasteiger partial charge in [0.2, 0.25) is 0 Å². The molecular formula is C13H16N2O2. The number of hydrogen-bond acceptors (Lipinski definition) is 3. The van der Waals surface area contributed by atoms with Gasteiger partial charge in [-0.15, -0.1) is 0 Å². The average Bonchev–Trinajstić information content (AvgIpc) is 2.67. The summed E-state index contributed by atoms with van der Waals surface area (Å²) in [7, 11) is 0. The van der Waals surface area contributed by atoms with E-state index < -0.39 is 0 Å². The molecule has 1 unspecified atom stereocenters. The number of carbonyl (C=O) groups is 1. The molecule has 2 heterocycles. The number of hydrogen-bond donors (Lipinski definition) is 0. The van der Waals surface area contributed by atoms with Gasteiger partial charge in [0.05, 0.1) is 11.6 Å². The highest BCUT2D eigenvalue weighted by atomic mass is 16.3. The highest BCUT2D eigenvalue weighted by Gasteiger charge is 2.29. The minimum atomic E-state index is -0.286. The van der Waals surface area contributed by atoms with Crippen LogP contribution in [0.4, 0.5) is 0 Å². The Morgan fingerprint density at radius 2 is 2.29 bits per heavy atom. The summed E-state index contributed by atoms with van der Waals surface area (Å²) in [6, 6.07) is 3.67. The number of piperidine rings is 1. The third-order valence-corrected chi connectivity index (χ3v) is 3.18. The molecule has 0 spiro atoms. The van der Waals surface area contributed by atoms with Crippen LogP contribution < -0.4 is 0 Å². The minimum Gasteiger partial charge on any atom is -0.466 e. The van der Waals surface area contributed by atoms with E-state index >= 15 is 0 Å². The van der Waals surface area contributed by atoms with E-state index in [9.17, 15) is 4.79 Å². The van der Waals surface area contributed by atoms with Crippen LogP contribution in [-0.4, -0.2) is 23.4 Å². The highest BCUT2D eigenvalue weighted by Crippen LogP contribution is 2.22. The van der Waals surface area contributed by atoms with E-state index in [1.54, 1.807) is 17.9 Å². The molecule has 0 bridgehead atoms. The summed E-state index contributed by atoms with van der Waals surface area (Å²) in [6.45, 7) is 4.27. The lowest BCUT2D eigenvalue weighted by Crippen LogP contribution is -2.43. The molecule has 17 heavy (non-hydrogen) atoms. The van der Waals surface area contributed by atoms with Crippen LogP contribution in [0, 0.1) is 25.2 Å². The maximum Gasteiger partial charge on any atom is 0.258 e. The van der Waals surface area contributed by atoms with Crippen molar-refractivity contribution in [2.75, 3.05) is 6.54 Å². The summed E-state index contributed by atoms with van der Waals surface area (Å²) in [5, 5.41) is 9.06. The molecule has 90 valence electrons. The minimum absolute atomic E-state index is 0.0781. The standard InChI is InChI=1S/C13H16N2O2/c1-9-7-12(10(2)17-9)13(16)15-6-4-3-5-11(15)8-14/h7,11H,3-6H2,1-2H3. The summed E-state index contributed by atoms with van der Waals surface area (Å²) in [4.78, 5) is 14.0. The number of rotatable bonds is 1. The Hall–Kier alpha value is -1.76. The molecule has 4 heteroatoms. The summed E-state index contributed by atoms with van der Waals surface area (Å²) in [5.41, 5.74) is 0.588. The summed E-state index contributed by atoms with van der Waals surface area (Å²) >= 11 is 0. The predicted octanol–water partition coefficient (Wildman–Crippen LogP) is 2.41. The number of nitrogens with zero attached hydrogens (tertiary/aromatic N) is 2. The fraction of sp³-hybridized carbons (Fsp3) is 0.538. The van der Waals surface area contributed by atoms with Crippen LogP contribution in [0.2, 0.25) is 0 Å². The maximum absolute atomic E-state index is 12.3. The van der Waals surface area contributed by atoms with Crippen molar-refractivity contribution >= 4 is 5.91 Å². The first kappa shape index (κ1) is 11.7. The van der Waals surface area contributed by atoms with Gasteiger partial charge in [0.15, 0.2) is 0 Å². The van der Waals surface area contributed by atoms with Crippen molar-refractivity contribution in [1.82, 2.24) is 4.90 Å². The Labute approximate surface area is 101 Å². The highest BCUT2D eigenvalue weighted by molar-refractivity contribution is 5.95. The number of amides is 1. The largest absolute Gasteiger partial charge is 0.466 e. The van der Waals surface area contributed by atoms with Gasteiger partial charge in [-0.25, -0.2) is 0 Å². The van der Waals surface area contributed by atoms with E-state index in [4.69, 9.17) is 9.68 Å². The first-order valence-corrected chi connectivity index (χ1v) is 5.91. The van der Waals surface area contributed by atoms with Crippen molar-refractivity contribution < 1.29 is 9.21 Å². The van der Waals surface area contributed by atoms with Gasteiger partial charge >= 0.3 is 0 Å². The normalized spacial score (nSPS) is 20.1. The Morgan fingerprint density at radius 1 is 1.53 bits per heavy atom. The van der Waals surface area contributed by atoms with Gasteiger partial charge in [-0.05, 0) is 39.2 Å². The quantitative estimate of drug-likeness (QED) is 0.747. The van der Waals surface area contributed by atoms with Crippen molar-refractivity contribution in [1.29, 1.82) is 5.26 Å². The van der Waals surface area contributed by atoms with Crippen LogP contribution in [0.15, 0.2) is 10.5 Å². The number of likely N-dealkylation sites (tertiary alicyclic amines) is 1. The zero-order chi connectivity index (χ0) is 12.4. The van der Waals surface area contributed by atoms with E-state index in [0.717, 1.165) is 25.0 Å². The molecule has 1 saturated heterocycles. The first-order valence-electron chi connectivity index (χ1n) is 5.91. The van der Waals surface area contributed by atoms with E-state index in [2.05, 4.69) is 6.07 Å². The van der Waals surface area contributed by atoms with Gasteiger partial charge in [-0.1, -0.05) is 0 Å². The molecule has 0 N–H and O–H groups in total. The maximum atomic E-state index is 12.3. The lowest BCUT2D eigenvalue weighted by atomic mass is 10.0. The van der Waals surface area contributed by atoms with Crippen LogP contribution in [0.3, 0.4) is 0 Å². The SMILES string of the molecule is Cc1cc(C(=O)N2CCCCC2C#N)c(C)o1. The molecule has 1 amide bonds. The number of carbonyl (C=O) groups excluding carboxylic acids is 1. The van der Waals surface area contributed by atoms with Gasteiger partial charge in [-0.3, -0.25) is 4.79 Å². The zero-order valence-electron chi connectivity index (χ0n) is 10.2. The van der Waals surface area contributed by atoms with Crippen molar-refractivity contribution in [2.24, 2.45) is 0 Å².